The van der Waals surface area contributed by atoms with Gasteiger partial charge in [-0.15, -0.1) is 0 Å². The van der Waals surface area contributed by atoms with Crippen LogP contribution in [-0.2, 0) is 13.1 Å². The van der Waals surface area contributed by atoms with Crippen LogP contribution in [0.5, 0.6) is 0 Å². The van der Waals surface area contributed by atoms with E-state index in [0.717, 1.165) is 55.2 Å². The zero-order chi connectivity index (χ0) is 18.9. The Morgan fingerprint density at radius 3 is 2.79 bits per heavy atom. The maximum Gasteiger partial charge on any atom is 0.266 e. The summed E-state index contributed by atoms with van der Waals surface area (Å²) in [5.41, 5.74) is 1.64. The molecule has 28 heavy (non-hydrogen) atoms. The molecule has 0 N–H and O–H groups in total. The lowest BCUT2D eigenvalue weighted by Gasteiger charge is -2.23. The van der Waals surface area contributed by atoms with E-state index in [4.69, 9.17) is 4.52 Å². The molecule has 4 heterocycles. The highest BCUT2D eigenvalue weighted by molar-refractivity contribution is 5.56. The van der Waals surface area contributed by atoms with Gasteiger partial charge < -0.3 is 4.52 Å². The monoisotopic (exact) mass is 378 g/mol. The first-order valence-electron chi connectivity index (χ1n) is 9.81. The van der Waals surface area contributed by atoms with Crippen LogP contribution in [0.2, 0.25) is 0 Å². The lowest BCUT2D eigenvalue weighted by Crippen LogP contribution is -2.36. The highest BCUT2D eigenvalue weighted by atomic mass is 16.5. The van der Waals surface area contributed by atoms with E-state index in [9.17, 15) is 4.79 Å². The van der Waals surface area contributed by atoms with E-state index in [1.54, 1.807) is 29.2 Å². The Morgan fingerprint density at radius 1 is 1.11 bits per heavy atom. The Kier molecular flexibility index (Phi) is 4.48. The fourth-order valence-corrected chi connectivity index (χ4v) is 3.78. The smallest absolute Gasteiger partial charge is 0.266 e. The van der Waals surface area contributed by atoms with Crippen molar-refractivity contribution in [1.29, 1.82) is 0 Å². The molecule has 1 unspecified atom stereocenters. The molecule has 0 spiro atoms. The van der Waals surface area contributed by atoms with Crippen molar-refractivity contribution >= 4 is 0 Å². The van der Waals surface area contributed by atoms with Crippen molar-refractivity contribution in [2.75, 3.05) is 6.54 Å². The van der Waals surface area contributed by atoms with Crippen molar-refractivity contribution in [2.24, 2.45) is 0 Å². The van der Waals surface area contributed by atoms with Crippen LogP contribution in [0.1, 0.15) is 43.3 Å². The van der Waals surface area contributed by atoms with Gasteiger partial charge in [0.15, 0.2) is 5.82 Å². The van der Waals surface area contributed by atoms with Crippen molar-refractivity contribution < 1.29 is 4.52 Å². The Hall–Kier alpha value is -2.87. The molecule has 2 aliphatic rings. The first kappa shape index (κ1) is 17.2. The van der Waals surface area contributed by atoms with Crippen LogP contribution in [0, 0.1) is 0 Å². The van der Waals surface area contributed by atoms with E-state index in [1.807, 2.05) is 12.1 Å². The Labute approximate surface area is 162 Å². The van der Waals surface area contributed by atoms with Crippen molar-refractivity contribution in [1.82, 2.24) is 29.8 Å². The zero-order valence-corrected chi connectivity index (χ0v) is 15.6. The highest BCUT2D eigenvalue weighted by Gasteiger charge is 2.31. The van der Waals surface area contributed by atoms with E-state index in [1.165, 1.54) is 0 Å². The van der Waals surface area contributed by atoms with Crippen molar-refractivity contribution in [2.45, 2.75) is 50.7 Å². The summed E-state index contributed by atoms with van der Waals surface area (Å²) in [6.07, 6.45) is 7.88. The molecule has 5 rings (SSSR count). The predicted molar refractivity (Wildman–Crippen MR) is 101 cm³/mol. The van der Waals surface area contributed by atoms with Gasteiger partial charge in [-0.05, 0) is 50.4 Å². The molecular weight excluding hydrogens is 356 g/mol. The number of hydrogen-bond acceptors (Lipinski definition) is 7. The van der Waals surface area contributed by atoms with E-state index in [0.29, 0.717) is 19.0 Å². The molecule has 8 nitrogen and oxygen atoms in total. The lowest BCUT2D eigenvalue weighted by atomic mass is 10.2. The molecule has 3 aromatic heterocycles. The number of hydrogen-bond donors (Lipinski definition) is 0. The minimum atomic E-state index is -0.0831. The van der Waals surface area contributed by atoms with Gasteiger partial charge in [-0.2, -0.15) is 10.1 Å². The first-order valence-corrected chi connectivity index (χ1v) is 9.81. The normalized spacial score (nSPS) is 19.9. The van der Waals surface area contributed by atoms with Gasteiger partial charge in [0.05, 0.1) is 18.8 Å². The summed E-state index contributed by atoms with van der Waals surface area (Å²) in [6, 6.07) is 7.38. The fourth-order valence-electron chi connectivity index (χ4n) is 3.78. The van der Waals surface area contributed by atoms with Crippen molar-refractivity contribution in [3.8, 4) is 11.3 Å². The fraction of sp³-hybridized carbons (Fsp3) is 0.450. The molecule has 1 aliphatic carbocycles. The van der Waals surface area contributed by atoms with Gasteiger partial charge >= 0.3 is 0 Å². The van der Waals surface area contributed by atoms with Gasteiger partial charge in [-0.3, -0.25) is 14.7 Å². The van der Waals surface area contributed by atoms with Crippen LogP contribution >= 0.6 is 0 Å². The van der Waals surface area contributed by atoms with Crippen LogP contribution in [-0.4, -0.2) is 42.4 Å². The molecule has 0 amide bonds. The molecule has 144 valence electrons. The SMILES string of the molecule is O=c1ccc(-c2ccncc2)nn1CC1CCCN1Cc1noc(C2CC2)n1. The van der Waals surface area contributed by atoms with E-state index >= 15 is 0 Å². The molecule has 1 saturated heterocycles. The average Bonchev–Trinajstić information content (AvgIpc) is 3.32. The van der Waals surface area contributed by atoms with Gasteiger partial charge in [0, 0.05) is 36.0 Å². The summed E-state index contributed by atoms with van der Waals surface area (Å²) >= 11 is 0. The summed E-state index contributed by atoms with van der Waals surface area (Å²) in [4.78, 5) is 23.3. The molecule has 1 saturated carbocycles. The van der Waals surface area contributed by atoms with E-state index in [2.05, 4.69) is 25.1 Å². The highest BCUT2D eigenvalue weighted by Crippen LogP contribution is 2.39. The van der Waals surface area contributed by atoms with Gasteiger partial charge in [-0.1, -0.05) is 5.16 Å². The second kappa shape index (κ2) is 7.27. The van der Waals surface area contributed by atoms with Gasteiger partial charge in [-0.25, -0.2) is 4.68 Å². The van der Waals surface area contributed by atoms with Crippen molar-refractivity contribution in [3.05, 3.63) is 58.7 Å². The molecule has 1 aliphatic heterocycles. The van der Waals surface area contributed by atoms with Crippen LogP contribution in [0.3, 0.4) is 0 Å². The quantitative estimate of drug-likeness (QED) is 0.650. The zero-order valence-electron chi connectivity index (χ0n) is 15.6. The van der Waals surface area contributed by atoms with Crippen LogP contribution in [0.4, 0.5) is 0 Å². The minimum absolute atomic E-state index is 0.0831. The topological polar surface area (TPSA) is 89.9 Å². The lowest BCUT2D eigenvalue weighted by molar-refractivity contribution is 0.209. The second-order valence-electron chi connectivity index (χ2n) is 7.56. The van der Waals surface area contributed by atoms with Crippen LogP contribution in [0.25, 0.3) is 11.3 Å². The van der Waals surface area contributed by atoms with Crippen LogP contribution < -0.4 is 5.56 Å². The number of aromatic nitrogens is 5. The summed E-state index contributed by atoms with van der Waals surface area (Å²) in [5, 5.41) is 8.72. The third kappa shape index (κ3) is 3.60. The van der Waals surface area contributed by atoms with E-state index in [-0.39, 0.29) is 11.6 Å². The molecule has 0 bridgehead atoms. The maximum absolute atomic E-state index is 12.4. The largest absolute Gasteiger partial charge is 0.339 e. The molecule has 1 atom stereocenters. The second-order valence-corrected chi connectivity index (χ2v) is 7.56. The third-order valence-electron chi connectivity index (χ3n) is 5.48. The van der Waals surface area contributed by atoms with Crippen LogP contribution in [0.15, 0.2) is 46.0 Å². The summed E-state index contributed by atoms with van der Waals surface area (Å²) in [5.74, 6) is 1.97. The number of nitrogens with zero attached hydrogens (tertiary/aromatic N) is 6. The number of likely N-dealkylation sites (tertiary alicyclic amines) is 1. The average molecular weight is 378 g/mol. The molecular formula is C20H22N6O2. The first-order chi connectivity index (χ1) is 13.8. The molecule has 8 heteroatoms. The minimum Gasteiger partial charge on any atom is -0.339 e. The third-order valence-corrected chi connectivity index (χ3v) is 5.48. The Morgan fingerprint density at radius 2 is 1.96 bits per heavy atom. The molecule has 0 aromatic carbocycles. The Balaban J connectivity index is 1.32. The molecule has 0 radical (unpaired) electrons. The number of pyridine rings is 1. The van der Waals surface area contributed by atoms with Crippen molar-refractivity contribution in [3.63, 3.8) is 0 Å². The summed E-state index contributed by atoms with van der Waals surface area (Å²) in [6.45, 7) is 2.18. The molecule has 2 fully saturated rings. The number of rotatable bonds is 6. The Bertz CT molecular complexity index is 1010. The van der Waals surface area contributed by atoms with Gasteiger partial charge in [0.25, 0.3) is 5.56 Å². The summed E-state index contributed by atoms with van der Waals surface area (Å²) < 4.78 is 6.95. The predicted octanol–water partition coefficient (Wildman–Crippen LogP) is 2.23. The van der Waals surface area contributed by atoms with Gasteiger partial charge in [0.2, 0.25) is 5.89 Å². The maximum atomic E-state index is 12.4. The van der Waals surface area contributed by atoms with E-state index < -0.39 is 0 Å². The summed E-state index contributed by atoms with van der Waals surface area (Å²) in [7, 11) is 0. The van der Waals surface area contributed by atoms with Gasteiger partial charge in [0.1, 0.15) is 0 Å². The molecule has 3 aromatic rings. The standard InChI is InChI=1S/C20H22N6O2/c27-19-6-5-17(14-7-9-21-10-8-14)23-26(19)12-16-2-1-11-25(16)13-18-22-20(28-24-18)15-3-4-15/h5-10,15-16H,1-4,11-13H2.